The van der Waals surface area contributed by atoms with E-state index in [9.17, 15) is 19.1 Å². The van der Waals surface area contributed by atoms with Gasteiger partial charge in [-0.25, -0.2) is 14.0 Å². The van der Waals surface area contributed by atoms with Gasteiger partial charge in [0.2, 0.25) is 0 Å². The fourth-order valence-electron chi connectivity index (χ4n) is 4.53. The molecule has 0 atom stereocenters. The maximum Gasteiger partial charge on any atom is 0.336 e. The summed E-state index contributed by atoms with van der Waals surface area (Å²) in [5.74, 6) is -0.976. The number of benzene rings is 3. The van der Waals surface area contributed by atoms with Crippen LogP contribution in [-0.2, 0) is 32.6 Å². The predicted octanol–water partition coefficient (Wildman–Crippen LogP) is 5.73. The first-order valence-corrected chi connectivity index (χ1v) is 11.9. The lowest BCUT2D eigenvalue weighted by molar-refractivity contribution is 0.0697. The summed E-state index contributed by atoms with van der Waals surface area (Å²) in [5.41, 5.74) is 4.67. The van der Waals surface area contributed by atoms with E-state index in [0.717, 1.165) is 28.8 Å². The Hall–Kier alpha value is -3.93. The molecule has 3 aromatic carbocycles. The van der Waals surface area contributed by atoms with Crippen molar-refractivity contribution in [1.29, 1.82) is 0 Å². The minimum absolute atomic E-state index is 0.197. The third-order valence-corrected chi connectivity index (χ3v) is 6.29. The monoisotopic (exact) mass is 472 g/mol. The van der Waals surface area contributed by atoms with Crippen LogP contribution in [-0.4, -0.2) is 20.2 Å². The molecule has 35 heavy (non-hydrogen) atoms. The number of carboxylic acids is 1. The number of aryl methyl sites for hydroxylation is 1. The lowest BCUT2D eigenvalue weighted by Crippen LogP contribution is -2.26. The fraction of sp³-hybridized carbons (Fsp3) is 0.241. The Morgan fingerprint density at radius 2 is 1.51 bits per heavy atom. The summed E-state index contributed by atoms with van der Waals surface area (Å²) in [6.45, 7) is 2.10. The molecule has 0 aliphatic rings. The SMILES string of the molecule is CCCc1c(CF)n(CCc2ccccc2)c(=O)n1Cc1ccc(-c2ccccc2C(=O)O)cc1. The van der Waals surface area contributed by atoms with Crippen molar-refractivity contribution in [3.8, 4) is 11.1 Å². The first-order valence-electron chi connectivity index (χ1n) is 11.9. The summed E-state index contributed by atoms with van der Waals surface area (Å²) >= 11 is 0. The second-order valence-electron chi connectivity index (χ2n) is 8.58. The molecule has 0 saturated carbocycles. The molecule has 0 radical (unpaired) electrons. The Morgan fingerprint density at radius 1 is 0.829 bits per heavy atom. The highest BCUT2D eigenvalue weighted by Crippen LogP contribution is 2.25. The molecule has 1 heterocycles. The number of carbonyl (C=O) groups is 1. The Balaban J connectivity index is 1.64. The average molecular weight is 473 g/mol. The number of imidazole rings is 1. The molecule has 1 N–H and O–H groups in total. The number of hydrogen-bond acceptors (Lipinski definition) is 2. The van der Waals surface area contributed by atoms with E-state index in [1.807, 2.05) is 67.6 Å². The van der Waals surface area contributed by atoms with Gasteiger partial charge < -0.3 is 5.11 Å². The van der Waals surface area contributed by atoms with Crippen LogP contribution in [0, 0.1) is 0 Å². The molecule has 0 spiro atoms. The number of halogens is 1. The van der Waals surface area contributed by atoms with E-state index < -0.39 is 12.6 Å². The third kappa shape index (κ3) is 5.27. The van der Waals surface area contributed by atoms with Crippen molar-refractivity contribution >= 4 is 5.97 Å². The Kier molecular flexibility index (Phi) is 7.60. The molecule has 0 saturated heterocycles. The van der Waals surface area contributed by atoms with Crippen LogP contribution in [0.25, 0.3) is 11.1 Å². The molecule has 4 rings (SSSR count). The highest BCUT2D eigenvalue weighted by Gasteiger charge is 2.19. The number of alkyl halides is 1. The normalized spacial score (nSPS) is 11.0. The van der Waals surface area contributed by atoms with Gasteiger partial charge in [0.15, 0.2) is 0 Å². The molecule has 5 nitrogen and oxygen atoms in total. The van der Waals surface area contributed by atoms with Crippen LogP contribution in [0.15, 0.2) is 83.7 Å². The zero-order valence-corrected chi connectivity index (χ0v) is 19.8. The highest BCUT2D eigenvalue weighted by atomic mass is 19.1. The average Bonchev–Trinajstić information content (AvgIpc) is 3.13. The maximum atomic E-state index is 14.2. The summed E-state index contributed by atoms with van der Waals surface area (Å²) < 4.78 is 17.4. The van der Waals surface area contributed by atoms with Gasteiger partial charge in [0.1, 0.15) is 6.67 Å². The minimum Gasteiger partial charge on any atom is -0.478 e. The lowest BCUT2D eigenvalue weighted by Gasteiger charge is -2.10. The summed E-state index contributed by atoms with van der Waals surface area (Å²) in [6, 6.07) is 24.3. The molecule has 0 aliphatic carbocycles. The van der Waals surface area contributed by atoms with Gasteiger partial charge in [-0.2, -0.15) is 0 Å². The van der Waals surface area contributed by atoms with Crippen molar-refractivity contribution in [2.24, 2.45) is 0 Å². The van der Waals surface area contributed by atoms with Gasteiger partial charge in [-0.3, -0.25) is 9.13 Å². The number of carboxylic acid groups (broad SMARTS) is 1. The quantitative estimate of drug-likeness (QED) is 0.321. The van der Waals surface area contributed by atoms with Crippen LogP contribution >= 0.6 is 0 Å². The van der Waals surface area contributed by atoms with E-state index in [1.165, 1.54) is 0 Å². The topological polar surface area (TPSA) is 64.2 Å². The molecule has 4 aromatic rings. The van der Waals surface area contributed by atoms with Crippen LogP contribution in [0.4, 0.5) is 4.39 Å². The standard InChI is InChI=1S/C29H29FN2O3/c1-2-8-26-27(19-30)31(18-17-21-9-4-3-5-10-21)29(35)32(26)20-22-13-15-23(16-14-22)24-11-6-7-12-25(24)28(33)34/h3-7,9-16H,2,8,17-20H2,1H3,(H,33,34). The van der Waals surface area contributed by atoms with Crippen molar-refractivity contribution in [2.45, 2.75) is 46.0 Å². The van der Waals surface area contributed by atoms with Crippen molar-refractivity contribution in [3.63, 3.8) is 0 Å². The number of nitrogens with zero attached hydrogens (tertiary/aromatic N) is 2. The van der Waals surface area contributed by atoms with E-state index in [2.05, 4.69) is 0 Å². The number of rotatable bonds is 10. The summed E-state index contributed by atoms with van der Waals surface area (Å²) in [4.78, 5) is 24.9. The zero-order valence-electron chi connectivity index (χ0n) is 19.8. The Labute approximate surface area is 204 Å². The van der Waals surface area contributed by atoms with E-state index in [1.54, 1.807) is 27.3 Å². The van der Waals surface area contributed by atoms with Gasteiger partial charge in [-0.1, -0.05) is 86.1 Å². The molecule has 0 fully saturated rings. The molecular formula is C29H29FN2O3. The number of hydrogen-bond donors (Lipinski definition) is 1. The smallest absolute Gasteiger partial charge is 0.336 e. The van der Waals surface area contributed by atoms with Gasteiger partial charge >= 0.3 is 11.7 Å². The van der Waals surface area contributed by atoms with E-state index in [0.29, 0.717) is 37.2 Å². The van der Waals surface area contributed by atoms with E-state index >= 15 is 0 Å². The fourth-order valence-corrected chi connectivity index (χ4v) is 4.53. The minimum atomic E-state index is -0.976. The van der Waals surface area contributed by atoms with Gasteiger partial charge in [0, 0.05) is 12.2 Å². The number of aromatic carboxylic acids is 1. The van der Waals surface area contributed by atoms with Crippen molar-refractivity contribution < 1.29 is 14.3 Å². The molecule has 0 bridgehead atoms. The molecule has 0 unspecified atom stereocenters. The number of aromatic nitrogens is 2. The largest absolute Gasteiger partial charge is 0.478 e. The summed E-state index contributed by atoms with van der Waals surface area (Å²) in [7, 11) is 0. The molecule has 1 aromatic heterocycles. The molecule has 180 valence electrons. The van der Waals surface area contributed by atoms with Crippen LogP contribution in [0.1, 0.15) is 46.2 Å². The van der Waals surface area contributed by atoms with Gasteiger partial charge in [-0.15, -0.1) is 0 Å². The second-order valence-corrected chi connectivity index (χ2v) is 8.58. The molecular weight excluding hydrogens is 443 g/mol. The van der Waals surface area contributed by atoms with E-state index in [4.69, 9.17) is 0 Å². The van der Waals surface area contributed by atoms with Crippen LogP contribution in [0.5, 0.6) is 0 Å². The van der Waals surface area contributed by atoms with Crippen LogP contribution in [0.2, 0.25) is 0 Å². The summed E-state index contributed by atoms with van der Waals surface area (Å²) in [5, 5.41) is 9.49. The van der Waals surface area contributed by atoms with Crippen LogP contribution in [0.3, 0.4) is 0 Å². The lowest BCUT2D eigenvalue weighted by atomic mass is 9.99. The van der Waals surface area contributed by atoms with Crippen LogP contribution < -0.4 is 5.69 Å². The zero-order chi connectivity index (χ0) is 24.8. The first kappa shape index (κ1) is 24.2. The summed E-state index contributed by atoms with van der Waals surface area (Å²) in [6.07, 6.45) is 2.08. The van der Waals surface area contributed by atoms with Gasteiger partial charge in [0.05, 0.1) is 17.8 Å². The molecule has 0 amide bonds. The molecule has 6 heteroatoms. The Morgan fingerprint density at radius 3 is 2.17 bits per heavy atom. The second kappa shape index (κ2) is 11.0. The van der Waals surface area contributed by atoms with Gasteiger partial charge in [-0.05, 0) is 41.2 Å². The van der Waals surface area contributed by atoms with E-state index in [-0.39, 0.29) is 11.3 Å². The van der Waals surface area contributed by atoms with Crippen molar-refractivity contribution in [2.75, 3.05) is 0 Å². The highest BCUT2D eigenvalue weighted by molar-refractivity contribution is 5.95. The van der Waals surface area contributed by atoms with Gasteiger partial charge in [0.25, 0.3) is 0 Å². The third-order valence-electron chi connectivity index (χ3n) is 6.29. The Bertz CT molecular complexity index is 1360. The first-order chi connectivity index (χ1) is 17.0. The predicted molar refractivity (Wildman–Crippen MR) is 136 cm³/mol. The van der Waals surface area contributed by atoms with Crippen molar-refractivity contribution in [3.05, 3.63) is 117 Å². The molecule has 0 aliphatic heterocycles. The van der Waals surface area contributed by atoms with Crippen molar-refractivity contribution in [1.82, 2.24) is 9.13 Å². The maximum absolute atomic E-state index is 14.2.